The van der Waals surface area contributed by atoms with E-state index in [4.69, 9.17) is 5.21 Å². The highest BCUT2D eigenvalue weighted by Gasteiger charge is 2.03. The molecule has 0 atom stereocenters. The summed E-state index contributed by atoms with van der Waals surface area (Å²) >= 11 is 0. The Bertz CT molecular complexity index is 540. The standard InChI is InChI=1S/C13H15N3O4/c1-9-4-2-3-5-10(9)15-12(18)7-6-11(17)14-8-13(19)16-20/h2-7,20H,8H2,1H3,(H,14,17)(H,15,18)(H,16,19)/b7-6+. The first-order valence-corrected chi connectivity index (χ1v) is 5.78. The zero-order valence-electron chi connectivity index (χ0n) is 10.8. The minimum absolute atomic E-state index is 0.376. The number of carbonyl (C=O) groups is 3. The highest BCUT2D eigenvalue weighted by Crippen LogP contribution is 2.12. The van der Waals surface area contributed by atoms with Gasteiger partial charge in [0.1, 0.15) is 0 Å². The second-order valence-electron chi connectivity index (χ2n) is 3.89. The maximum atomic E-state index is 11.6. The van der Waals surface area contributed by atoms with E-state index in [9.17, 15) is 14.4 Å². The average molecular weight is 277 g/mol. The molecule has 0 aliphatic carbocycles. The second kappa shape index (κ2) is 7.70. The molecule has 3 amide bonds. The molecule has 7 nitrogen and oxygen atoms in total. The largest absolute Gasteiger partial charge is 0.343 e. The predicted molar refractivity (Wildman–Crippen MR) is 71.9 cm³/mol. The van der Waals surface area contributed by atoms with Crippen molar-refractivity contribution in [2.75, 3.05) is 11.9 Å². The van der Waals surface area contributed by atoms with Crippen molar-refractivity contribution in [2.24, 2.45) is 0 Å². The highest BCUT2D eigenvalue weighted by molar-refractivity contribution is 6.04. The lowest BCUT2D eigenvalue weighted by Crippen LogP contribution is -2.34. The van der Waals surface area contributed by atoms with Crippen LogP contribution in [0.1, 0.15) is 5.56 Å². The van der Waals surface area contributed by atoms with Crippen molar-refractivity contribution in [1.82, 2.24) is 10.8 Å². The summed E-state index contributed by atoms with van der Waals surface area (Å²) in [5.74, 6) is -1.83. The van der Waals surface area contributed by atoms with Gasteiger partial charge in [0, 0.05) is 17.8 Å². The number of para-hydroxylation sites is 1. The van der Waals surface area contributed by atoms with Crippen molar-refractivity contribution in [2.45, 2.75) is 6.92 Å². The van der Waals surface area contributed by atoms with E-state index in [1.54, 1.807) is 12.1 Å². The molecule has 0 saturated heterocycles. The van der Waals surface area contributed by atoms with Crippen molar-refractivity contribution in [3.8, 4) is 0 Å². The Labute approximate surface area is 115 Å². The molecule has 1 aromatic rings. The van der Waals surface area contributed by atoms with Crippen molar-refractivity contribution >= 4 is 23.4 Å². The van der Waals surface area contributed by atoms with E-state index in [0.717, 1.165) is 17.7 Å². The van der Waals surface area contributed by atoms with Gasteiger partial charge in [-0.2, -0.15) is 0 Å². The number of hydrogen-bond acceptors (Lipinski definition) is 4. The summed E-state index contributed by atoms with van der Waals surface area (Å²) in [5.41, 5.74) is 2.92. The lowest BCUT2D eigenvalue weighted by Gasteiger charge is -2.05. The molecule has 0 aliphatic heterocycles. The van der Waals surface area contributed by atoms with E-state index in [0.29, 0.717) is 5.69 Å². The molecule has 7 heteroatoms. The first-order valence-electron chi connectivity index (χ1n) is 5.78. The lowest BCUT2D eigenvalue weighted by atomic mass is 10.2. The Morgan fingerprint density at radius 2 is 1.80 bits per heavy atom. The van der Waals surface area contributed by atoms with Gasteiger partial charge < -0.3 is 10.6 Å². The van der Waals surface area contributed by atoms with Crippen LogP contribution in [0.15, 0.2) is 36.4 Å². The van der Waals surface area contributed by atoms with Crippen molar-refractivity contribution in [3.05, 3.63) is 42.0 Å². The van der Waals surface area contributed by atoms with Gasteiger partial charge in [-0.25, -0.2) is 5.48 Å². The van der Waals surface area contributed by atoms with Crippen LogP contribution >= 0.6 is 0 Å². The number of hydroxylamine groups is 1. The van der Waals surface area contributed by atoms with Crippen molar-refractivity contribution < 1.29 is 19.6 Å². The number of anilines is 1. The van der Waals surface area contributed by atoms with Crippen LogP contribution in [-0.4, -0.2) is 29.5 Å². The Morgan fingerprint density at radius 1 is 1.15 bits per heavy atom. The fourth-order valence-corrected chi connectivity index (χ4v) is 1.30. The van der Waals surface area contributed by atoms with Crippen LogP contribution in [0.4, 0.5) is 5.69 Å². The molecular formula is C13H15N3O4. The normalized spacial score (nSPS) is 10.1. The molecular weight excluding hydrogens is 262 g/mol. The van der Waals surface area contributed by atoms with Crippen LogP contribution in [0.25, 0.3) is 0 Å². The third-order valence-corrected chi connectivity index (χ3v) is 2.34. The van der Waals surface area contributed by atoms with Gasteiger partial charge >= 0.3 is 0 Å². The maximum absolute atomic E-state index is 11.6. The van der Waals surface area contributed by atoms with Crippen LogP contribution in [0.2, 0.25) is 0 Å². The van der Waals surface area contributed by atoms with Crippen LogP contribution in [0.5, 0.6) is 0 Å². The van der Waals surface area contributed by atoms with E-state index in [-0.39, 0.29) is 6.54 Å². The number of rotatable bonds is 5. The Balaban J connectivity index is 2.46. The summed E-state index contributed by atoms with van der Waals surface area (Å²) < 4.78 is 0. The average Bonchev–Trinajstić information content (AvgIpc) is 2.45. The van der Waals surface area contributed by atoms with Gasteiger partial charge in [0.2, 0.25) is 11.8 Å². The molecule has 0 fully saturated rings. The fourth-order valence-electron chi connectivity index (χ4n) is 1.30. The summed E-state index contributed by atoms with van der Waals surface area (Å²) in [7, 11) is 0. The maximum Gasteiger partial charge on any atom is 0.262 e. The summed E-state index contributed by atoms with van der Waals surface area (Å²) in [5, 5.41) is 13.0. The van der Waals surface area contributed by atoms with Gasteiger partial charge in [-0.1, -0.05) is 18.2 Å². The van der Waals surface area contributed by atoms with Crippen LogP contribution in [0, 0.1) is 6.92 Å². The third-order valence-electron chi connectivity index (χ3n) is 2.34. The number of nitrogens with one attached hydrogen (secondary N) is 3. The van der Waals surface area contributed by atoms with Gasteiger partial charge in [-0.15, -0.1) is 0 Å². The molecule has 0 radical (unpaired) electrons. The molecule has 20 heavy (non-hydrogen) atoms. The minimum atomic E-state index is -0.754. The summed E-state index contributed by atoms with van der Waals surface area (Å²) in [4.78, 5) is 33.5. The van der Waals surface area contributed by atoms with Gasteiger partial charge in [0.05, 0.1) is 6.54 Å². The monoisotopic (exact) mass is 277 g/mol. The number of aryl methyl sites for hydroxylation is 1. The first kappa shape index (κ1) is 15.4. The number of hydrogen-bond donors (Lipinski definition) is 4. The van der Waals surface area contributed by atoms with E-state index in [1.807, 2.05) is 19.1 Å². The first-order chi connectivity index (χ1) is 9.52. The minimum Gasteiger partial charge on any atom is -0.343 e. The summed E-state index contributed by atoms with van der Waals surface area (Å²) in [6.07, 6.45) is 2.05. The molecule has 106 valence electrons. The lowest BCUT2D eigenvalue weighted by molar-refractivity contribution is -0.130. The Morgan fingerprint density at radius 3 is 2.45 bits per heavy atom. The molecule has 1 rings (SSSR count). The van der Waals surface area contributed by atoms with Gasteiger partial charge in [0.25, 0.3) is 5.91 Å². The molecule has 0 heterocycles. The van der Waals surface area contributed by atoms with Crippen LogP contribution in [-0.2, 0) is 14.4 Å². The van der Waals surface area contributed by atoms with Gasteiger partial charge in [0.15, 0.2) is 0 Å². The highest BCUT2D eigenvalue weighted by atomic mass is 16.5. The summed E-state index contributed by atoms with van der Waals surface area (Å²) in [6.45, 7) is 1.47. The topological polar surface area (TPSA) is 108 Å². The molecule has 0 saturated carbocycles. The van der Waals surface area contributed by atoms with E-state index in [2.05, 4.69) is 10.6 Å². The molecule has 1 aromatic carbocycles. The predicted octanol–water partition coefficient (Wildman–Crippen LogP) is 0.111. The van der Waals surface area contributed by atoms with Crippen LogP contribution < -0.4 is 16.1 Å². The van der Waals surface area contributed by atoms with Gasteiger partial charge in [-0.05, 0) is 18.6 Å². The molecule has 0 aliphatic rings. The quantitative estimate of drug-likeness (QED) is 0.348. The smallest absolute Gasteiger partial charge is 0.262 e. The van der Waals surface area contributed by atoms with E-state index < -0.39 is 17.7 Å². The van der Waals surface area contributed by atoms with Crippen molar-refractivity contribution in [3.63, 3.8) is 0 Å². The Hall–Kier alpha value is -2.67. The zero-order valence-corrected chi connectivity index (χ0v) is 10.8. The van der Waals surface area contributed by atoms with Crippen molar-refractivity contribution in [1.29, 1.82) is 0 Å². The number of amides is 3. The third kappa shape index (κ3) is 5.32. The number of carbonyl (C=O) groups excluding carboxylic acids is 3. The molecule has 0 unspecified atom stereocenters. The molecule has 0 bridgehead atoms. The summed E-state index contributed by atoms with van der Waals surface area (Å²) in [6, 6.07) is 7.22. The second-order valence-corrected chi connectivity index (χ2v) is 3.89. The zero-order chi connectivity index (χ0) is 15.0. The SMILES string of the molecule is Cc1ccccc1NC(=O)/C=C/C(=O)NCC(=O)NO. The molecule has 4 N–H and O–H groups in total. The van der Waals surface area contributed by atoms with Gasteiger partial charge in [-0.3, -0.25) is 19.6 Å². The Kier molecular flexibility index (Phi) is 5.92. The molecule has 0 aromatic heterocycles. The molecule has 0 spiro atoms. The van der Waals surface area contributed by atoms with E-state index in [1.165, 1.54) is 5.48 Å². The van der Waals surface area contributed by atoms with Crippen LogP contribution in [0.3, 0.4) is 0 Å². The van der Waals surface area contributed by atoms with E-state index >= 15 is 0 Å². The number of benzene rings is 1. The fraction of sp³-hybridized carbons (Fsp3) is 0.154.